The number of aromatic amines is 1. The number of imidazole rings is 1. The number of benzene rings is 2. The van der Waals surface area contributed by atoms with Gasteiger partial charge >= 0.3 is 11.7 Å². The summed E-state index contributed by atoms with van der Waals surface area (Å²) >= 11 is 3.36. The number of fused-ring (bicyclic) bond motifs is 1. The summed E-state index contributed by atoms with van der Waals surface area (Å²) < 4.78 is 2.50. The van der Waals surface area contributed by atoms with E-state index in [2.05, 4.69) is 20.9 Å². The predicted molar refractivity (Wildman–Crippen MR) is 82.8 cm³/mol. The first kappa shape index (κ1) is 13.6. The van der Waals surface area contributed by atoms with Crippen LogP contribution in [0.3, 0.4) is 0 Å². The van der Waals surface area contributed by atoms with Crippen molar-refractivity contribution in [2.75, 3.05) is 0 Å². The van der Waals surface area contributed by atoms with Gasteiger partial charge in [0.1, 0.15) is 0 Å². The summed E-state index contributed by atoms with van der Waals surface area (Å²) in [6.07, 6.45) is 0. The molecule has 0 spiro atoms. The average Bonchev–Trinajstić information content (AvgIpc) is 2.77. The number of nitrogens with one attached hydrogen (secondary N) is 1. The molecular weight excluding hydrogens is 336 g/mol. The number of carboxylic acids is 1. The topological polar surface area (TPSA) is 75.1 Å². The maximum Gasteiger partial charge on any atom is 0.337 e. The van der Waals surface area contributed by atoms with E-state index in [4.69, 9.17) is 5.11 Å². The quantitative estimate of drug-likeness (QED) is 0.765. The van der Waals surface area contributed by atoms with Crippen LogP contribution in [0.2, 0.25) is 0 Å². The number of aromatic carboxylic acids is 1. The minimum atomic E-state index is -1.06. The van der Waals surface area contributed by atoms with Crippen molar-refractivity contribution in [1.82, 2.24) is 9.55 Å². The summed E-state index contributed by atoms with van der Waals surface area (Å²) in [5, 5.41) is 9.17. The van der Waals surface area contributed by atoms with E-state index in [1.165, 1.54) is 10.6 Å². The van der Waals surface area contributed by atoms with Gasteiger partial charge in [0.05, 0.1) is 23.1 Å². The van der Waals surface area contributed by atoms with Crippen molar-refractivity contribution < 1.29 is 9.90 Å². The van der Waals surface area contributed by atoms with Crippen LogP contribution in [0.15, 0.2) is 51.7 Å². The summed E-state index contributed by atoms with van der Waals surface area (Å²) in [5.74, 6) is -1.06. The summed E-state index contributed by atoms with van der Waals surface area (Å²) in [4.78, 5) is 25.9. The largest absolute Gasteiger partial charge is 0.478 e. The van der Waals surface area contributed by atoms with Gasteiger partial charge in [0.2, 0.25) is 0 Å². The number of carboxylic acid groups (broad SMARTS) is 1. The van der Waals surface area contributed by atoms with Gasteiger partial charge in [-0.2, -0.15) is 0 Å². The zero-order chi connectivity index (χ0) is 15.0. The van der Waals surface area contributed by atoms with Gasteiger partial charge in [-0.3, -0.25) is 4.57 Å². The zero-order valence-corrected chi connectivity index (χ0v) is 12.4. The summed E-state index contributed by atoms with van der Waals surface area (Å²) in [7, 11) is 0. The lowest BCUT2D eigenvalue weighted by Crippen LogP contribution is -2.17. The molecule has 0 saturated carbocycles. The Balaban J connectivity index is 2.13. The van der Waals surface area contributed by atoms with Gasteiger partial charge in [-0.05, 0) is 29.8 Å². The van der Waals surface area contributed by atoms with E-state index in [-0.39, 0.29) is 11.3 Å². The van der Waals surface area contributed by atoms with Gasteiger partial charge in [-0.25, -0.2) is 9.59 Å². The second kappa shape index (κ2) is 5.21. The van der Waals surface area contributed by atoms with E-state index in [1.54, 1.807) is 12.1 Å². The summed E-state index contributed by atoms with van der Waals surface area (Å²) in [5.41, 5.74) is 1.68. The molecule has 0 aliphatic rings. The number of hydrogen-bond donors (Lipinski definition) is 2. The predicted octanol–water partition coefficient (Wildman–Crippen LogP) is 2.84. The number of rotatable bonds is 3. The smallest absolute Gasteiger partial charge is 0.337 e. The molecule has 2 N–H and O–H groups in total. The van der Waals surface area contributed by atoms with Crippen molar-refractivity contribution in [2.24, 2.45) is 0 Å². The molecule has 5 nitrogen and oxygen atoms in total. The second-order valence-corrected chi connectivity index (χ2v) is 5.56. The van der Waals surface area contributed by atoms with E-state index in [9.17, 15) is 9.59 Å². The number of para-hydroxylation sites is 1. The molecule has 6 heteroatoms. The third-order valence-electron chi connectivity index (χ3n) is 3.29. The van der Waals surface area contributed by atoms with Crippen molar-refractivity contribution >= 4 is 32.9 Å². The van der Waals surface area contributed by atoms with Gasteiger partial charge in [0.25, 0.3) is 0 Å². The third kappa shape index (κ3) is 2.50. The summed E-state index contributed by atoms with van der Waals surface area (Å²) in [6, 6.07) is 12.5. The number of nitrogens with zero attached hydrogens (tertiary/aromatic N) is 1. The molecular formula is C15H11BrN2O3. The standard InChI is InChI=1S/C15H11BrN2O3/c16-10-6-4-9(5-7-10)8-18-12-3-1-2-11(14(19)20)13(12)17-15(18)21/h1-7H,8H2,(H,17,21)(H,19,20). The van der Waals surface area contributed by atoms with Crippen LogP contribution in [0, 0.1) is 0 Å². The SMILES string of the molecule is O=C(O)c1cccc2c1[nH]c(=O)n2Cc1ccc(Br)cc1. The fourth-order valence-electron chi connectivity index (χ4n) is 2.29. The van der Waals surface area contributed by atoms with Gasteiger partial charge in [-0.1, -0.05) is 34.1 Å². The van der Waals surface area contributed by atoms with Gasteiger partial charge in [-0.15, -0.1) is 0 Å². The van der Waals surface area contributed by atoms with Crippen LogP contribution >= 0.6 is 15.9 Å². The molecule has 1 heterocycles. The Kier molecular flexibility index (Phi) is 3.39. The number of aromatic nitrogens is 2. The van der Waals surface area contributed by atoms with Crippen LogP contribution in [0.5, 0.6) is 0 Å². The molecule has 106 valence electrons. The molecule has 0 fully saturated rings. The Labute approximate surface area is 128 Å². The highest BCUT2D eigenvalue weighted by atomic mass is 79.9. The first-order valence-electron chi connectivity index (χ1n) is 6.25. The van der Waals surface area contributed by atoms with E-state index in [1.807, 2.05) is 24.3 Å². The Morgan fingerprint density at radius 3 is 2.57 bits per heavy atom. The molecule has 0 saturated heterocycles. The fourth-order valence-corrected chi connectivity index (χ4v) is 2.55. The Morgan fingerprint density at radius 1 is 1.19 bits per heavy atom. The monoisotopic (exact) mass is 346 g/mol. The molecule has 0 atom stereocenters. The highest BCUT2D eigenvalue weighted by Gasteiger charge is 2.14. The fraction of sp³-hybridized carbons (Fsp3) is 0.0667. The molecule has 0 radical (unpaired) electrons. The van der Waals surface area contributed by atoms with Crippen LogP contribution < -0.4 is 5.69 Å². The number of carbonyl (C=O) groups is 1. The maximum absolute atomic E-state index is 12.1. The molecule has 0 amide bonds. The first-order chi connectivity index (χ1) is 10.1. The second-order valence-electron chi connectivity index (χ2n) is 4.65. The van der Waals surface area contributed by atoms with Crippen LogP contribution in [-0.2, 0) is 6.54 Å². The lowest BCUT2D eigenvalue weighted by atomic mass is 10.2. The molecule has 21 heavy (non-hydrogen) atoms. The van der Waals surface area contributed by atoms with Crippen molar-refractivity contribution in [3.8, 4) is 0 Å². The van der Waals surface area contributed by atoms with Crippen molar-refractivity contribution in [1.29, 1.82) is 0 Å². The van der Waals surface area contributed by atoms with Gasteiger partial charge in [0, 0.05) is 4.47 Å². The van der Waals surface area contributed by atoms with E-state index in [0.717, 1.165) is 10.0 Å². The van der Waals surface area contributed by atoms with E-state index >= 15 is 0 Å². The molecule has 0 unspecified atom stereocenters. The number of H-pyrrole nitrogens is 1. The van der Waals surface area contributed by atoms with Gasteiger partial charge < -0.3 is 10.1 Å². The highest BCUT2D eigenvalue weighted by molar-refractivity contribution is 9.10. The lowest BCUT2D eigenvalue weighted by molar-refractivity contribution is 0.0699. The van der Waals surface area contributed by atoms with Crippen LogP contribution in [-0.4, -0.2) is 20.6 Å². The molecule has 2 aromatic carbocycles. The first-order valence-corrected chi connectivity index (χ1v) is 7.05. The van der Waals surface area contributed by atoms with Crippen LogP contribution in [0.4, 0.5) is 0 Å². The van der Waals surface area contributed by atoms with Crippen LogP contribution in [0.1, 0.15) is 15.9 Å². The van der Waals surface area contributed by atoms with E-state index < -0.39 is 5.97 Å². The van der Waals surface area contributed by atoms with Crippen molar-refractivity contribution in [3.63, 3.8) is 0 Å². The molecule has 1 aromatic heterocycles. The average molecular weight is 347 g/mol. The molecule has 0 aliphatic carbocycles. The Morgan fingerprint density at radius 2 is 1.90 bits per heavy atom. The van der Waals surface area contributed by atoms with Crippen molar-refractivity contribution in [2.45, 2.75) is 6.54 Å². The molecule has 3 aromatic rings. The number of hydrogen-bond acceptors (Lipinski definition) is 2. The minimum absolute atomic E-state index is 0.0964. The Bertz CT molecular complexity index is 878. The van der Waals surface area contributed by atoms with E-state index in [0.29, 0.717) is 17.6 Å². The normalized spacial score (nSPS) is 10.9. The van der Waals surface area contributed by atoms with Crippen LogP contribution in [0.25, 0.3) is 11.0 Å². The zero-order valence-electron chi connectivity index (χ0n) is 10.8. The van der Waals surface area contributed by atoms with Crippen molar-refractivity contribution in [3.05, 3.63) is 68.5 Å². The van der Waals surface area contributed by atoms with Gasteiger partial charge in [0.15, 0.2) is 0 Å². The molecule has 0 bridgehead atoms. The lowest BCUT2D eigenvalue weighted by Gasteiger charge is -2.04. The summed E-state index contributed by atoms with van der Waals surface area (Å²) in [6.45, 7) is 0.384. The number of halogens is 1. The highest BCUT2D eigenvalue weighted by Crippen LogP contribution is 2.17. The maximum atomic E-state index is 12.1. The Hall–Kier alpha value is -2.34. The molecule has 3 rings (SSSR count). The molecule has 0 aliphatic heterocycles. The third-order valence-corrected chi connectivity index (χ3v) is 3.82. The minimum Gasteiger partial charge on any atom is -0.478 e.